The van der Waals surface area contributed by atoms with Gasteiger partial charge in [0.05, 0.1) is 5.92 Å². The van der Waals surface area contributed by atoms with Gasteiger partial charge >= 0.3 is 0 Å². The van der Waals surface area contributed by atoms with Gasteiger partial charge in [0.15, 0.2) is 0 Å². The summed E-state index contributed by atoms with van der Waals surface area (Å²) < 4.78 is 0. The highest BCUT2D eigenvalue weighted by Crippen LogP contribution is 2.18. The van der Waals surface area contributed by atoms with Crippen molar-refractivity contribution in [1.29, 1.82) is 0 Å². The second-order valence-corrected chi connectivity index (χ2v) is 5.31. The van der Waals surface area contributed by atoms with Gasteiger partial charge in [-0.15, -0.1) is 0 Å². The first-order valence-electron chi connectivity index (χ1n) is 5.45. The van der Waals surface area contributed by atoms with E-state index in [-0.39, 0.29) is 11.8 Å². The van der Waals surface area contributed by atoms with E-state index >= 15 is 0 Å². The van der Waals surface area contributed by atoms with Crippen molar-refractivity contribution >= 4 is 17.7 Å². The molecule has 14 heavy (non-hydrogen) atoms. The van der Waals surface area contributed by atoms with Gasteiger partial charge < -0.3 is 10.6 Å². The Hall–Kier alpha value is -0.220. The van der Waals surface area contributed by atoms with E-state index in [0.717, 1.165) is 32.4 Å². The fourth-order valence-electron chi connectivity index (χ4n) is 2.04. The van der Waals surface area contributed by atoms with E-state index in [4.69, 9.17) is 0 Å². The minimum Gasteiger partial charge on any atom is -0.353 e. The molecule has 2 saturated heterocycles. The second-order valence-electron chi connectivity index (χ2n) is 4.08. The first-order chi connectivity index (χ1) is 6.86. The van der Waals surface area contributed by atoms with Crippen LogP contribution in [0.25, 0.3) is 0 Å². The van der Waals surface area contributed by atoms with E-state index in [1.165, 1.54) is 11.5 Å². The van der Waals surface area contributed by atoms with Crippen LogP contribution < -0.4 is 10.6 Å². The Kier molecular flexibility index (Phi) is 3.70. The smallest absolute Gasteiger partial charge is 0.224 e. The minimum absolute atomic E-state index is 0.226. The molecule has 2 fully saturated rings. The largest absolute Gasteiger partial charge is 0.353 e. The maximum atomic E-state index is 11.8. The Bertz CT molecular complexity index is 198. The summed E-state index contributed by atoms with van der Waals surface area (Å²) in [6.07, 6.45) is 3.31. The molecule has 0 saturated carbocycles. The summed E-state index contributed by atoms with van der Waals surface area (Å²) in [6, 6.07) is 0.448. The third-order valence-corrected chi connectivity index (χ3v) is 4.05. The molecule has 2 aliphatic heterocycles. The van der Waals surface area contributed by atoms with E-state index in [0.29, 0.717) is 6.04 Å². The van der Waals surface area contributed by atoms with Crippen LogP contribution in [0.1, 0.15) is 19.3 Å². The molecule has 2 heterocycles. The number of rotatable bonds is 2. The van der Waals surface area contributed by atoms with Crippen molar-refractivity contribution in [3.8, 4) is 0 Å². The average molecular weight is 214 g/mol. The summed E-state index contributed by atoms with van der Waals surface area (Å²) in [6.45, 7) is 1.87. The van der Waals surface area contributed by atoms with Crippen LogP contribution in [0.15, 0.2) is 0 Å². The monoisotopic (exact) mass is 214 g/mol. The zero-order valence-electron chi connectivity index (χ0n) is 8.42. The van der Waals surface area contributed by atoms with Crippen molar-refractivity contribution in [1.82, 2.24) is 10.6 Å². The quantitative estimate of drug-likeness (QED) is 0.707. The molecule has 3 nitrogen and oxygen atoms in total. The van der Waals surface area contributed by atoms with Gasteiger partial charge in [0, 0.05) is 12.6 Å². The molecule has 2 rings (SSSR count). The summed E-state index contributed by atoms with van der Waals surface area (Å²) in [4.78, 5) is 11.8. The normalized spacial score (nSPS) is 29.0. The molecule has 0 unspecified atom stereocenters. The van der Waals surface area contributed by atoms with Crippen molar-refractivity contribution < 1.29 is 4.79 Å². The second kappa shape index (κ2) is 5.03. The number of carbonyl (C=O) groups excluding carboxylic acids is 1. The molecule has 0 bridgehead atoms. The third-order valence-electron chi connectivity index (χ3n) is 3.00. The summed E-state index contributed by atoms with van der Waals surface area (Å²) in [5.74, 6) is 2.90. The van der Waals surface area contributed by atoms with Gasteiger partial charge in [-0.3, -0.25) is 4.79 Å². The minimum atomic E-state index is 0.226. The molecule has 1 atom stereocenters. The van der Waals surface area contributed by atoms with Crippen LogP contribution >= 0.6 is 11.8 Å². The molecular weight excluding hydrogens is 196 g/mol. The highest BCUT2D eigenvalue weighted by molar-refractivity contribution is 7.99. The van der Waals surface area contributed by atoms with Crippen molar-refractivity contribution in [2.24, 2.45) is 5.92 Å². The van der Waals surface area contributed by atoms with E-state index < -0.39 is 0 Å². The van der Waals surface area contributed by atoms with Gasteiger partial charge in [0.25, 0.3) is 0 Å². The van der Waals surface area contributed by atoms with Gasteiger partial charge in [0.2, 0.25) is 5.91 Å². The van der Waals surface area contributed by atoms with E-state index in [1.54, 1.807) is 0 Å². The third kappa shape index (κ3) is 2.64. The standard InChI is InChI=1S/C10H18N2OS/c13-10(8-1-4-11-7-8)12-9-2-5-14-6-3-9/h8-9,11H,1-7H2,(H,12,13)/t8-/m0/s1. The maximum absolute atomic E-state index is 11.8. The number of carbonyl (C=O) groups is 1. The molecule has 2 aliphatic rings. The van der Waals surface area contributed by atoms with Crippen molar-refractivity contribution in [3.63, 3.8) is 0 Å². The van der Waals surface area contributed by atoms with E-state index in [2.05, 4.69) is 10.6 Å². The molecule has 1 amide bonds. The number of hydrogen-bond donors (Lipinski definition) is 2. The Balaban J connectivity index is 1.75. The van der Waals surface area contributed by atoms with Crippen LogP contribution in [-0.4, -0.2) is 36.5 Å². The van der Waals surface area contributed by atoms with Crippen molar-refractivity contribution in [3.05, 3.63) is 0 Å². The van der Waals surface area contributed by atoms with E-state index in [1.807, 2.05) is 11.8 Å². The lowest BCUT2D eigenvalue weighted by Crippen LogP contribution is -2.41. The van der Waals surface area contributed by atoms with Crippen LogP contribution in [0.3, 0.4) is 0 Å². The Morgan fingerprint density at radius 1 is 1.29 bits per heavy atom. The first-order valence-corrected chi connectivity index (χ1v) is 6.60. The van der Waals surface area contributed by atoms with Crippen LogP contribution in [0.4, 0.5) is 0 Å². The number of nitrogens with one attached hydrogen (secondary N) is 2. The predicted molar refractivity (Wildman–Crippen MR) is 59.5 cm³/mol. The lowest BCUT2D eigenvalue weighted by Gasteiger charge is -2.23. The molecule has 2 N–H and O–H groups in total. The van der Waals surface area contributed by atoms with Crippen LogP contribution in [0.2, 0.25) is 0 Å². The molecular formula is C10H18N2OS. The topological polar surface area (TPSA) is 41.1 Å². The zero-order valence-corrected chi connectivity index (χ0v) is 9.24. The lowest BCUT2D eigenvalue weighted by atomic mass is 10.1. The Labute approximate surface area is 89.4 Å². The predicted octanol–water partition coefficient (Wildman–Crippen LogP) is 0.608. The summed E-state index contributed by atoms with van der Waals surface area (Å²) in [5, 5.41) is 6.39. The molecule has 0 aromatic carbocycles. The van der Waals surface area contributed by atoms with Crippen molar-refractivity contribution in [2.75, 3.05) is 24.6 Å². The fourth-order valence-corrected chi connectivity index (χ4v) is 3.15. The Morgan fingerprint density at radius 2 is 2.07 bits per heavy atom. The summed E-state index contributed by atoms with van der Waals surface area (Å²) >= 11 is 1.99. The van der Waals surface area contributed by atoms with Gasteiger partial charge in [-0.1, -0.05) is 0 Å². The average Bonchev–Trinajstić information content (AvgIpc) is 2.72. The molecule has 4 heteroatoms. The lowest BCUT2D eigenvalue weighted by molar-refractivity contribution is -0.125. The summed E-state index contributed by atoms with van der Waals surface area (Å²) in [7, 11) is 0. The maximum Gasteiger partial charge on any atom is 0.224 e. The molecule has 0 radical (unpaired) electrons. The number of amides is 1. The van der Waals surface area contributed by atoms with Crippen molar-refractivity contribution in [2.45, 2.75) is 25.3 Å². The van der Waals surface area contributed by atoms with Crippen LogP contribution in [0, 0.1) is 5.92 Å². The first kappa shape index (κ1) is 10.3. The highest BCUT2D eigenvalue weighted by Gasteiger charge is 2.24. The van der Waals surface area contributed by atoms with Gasteiger partial charge in [-0.25, -0.2) is 0 Å². The molecule has 0 aromatic heterocycles. The zero-order chi connectivity index (χ0) is 9.80. The van der Waals surface area contributed by atoms with E-state index in [9.17, 15) is 4.79 Å². The molecule has 0 aliphatic carbocycles. The fraction of sp³-hybridized carbons (Fsp3) is 0.900. The van der Waals surface area contributed by atoms with Crippen LogP contribution in [0.5, 0.6) is 0 Å². The molecule has 0 aromatic rings. The SMILES string of the molecule is O=C(NC1CCSCC1)[C@H]1CCNC1. The van der Waals surface area contributed by atoms with Crippen LogP contribution in [-0.2, 0) is 4.79 Å². The number of thioether (sulfide) groups is 1. The van der Waals surface area contributed by atoms with Gasteiger partial charge in [-0.2, -0.15) is 11.8 Å². The Morgan fingerprint density at radius 3 is 2.71 bits per heavy atom. The van der Waals surface area contributed by atoms with Gasteiger partial charge in [0.1, 0.15) is 0 Å². The highest BCUT2D eigenvalue weighted by atomic mass is 32.2. The van der Waals surface area contributed by atoms with Gasteiger partial charge in [-0.05, 0) is 37.3 Å². The molecule has 80 valence electrons. The summed E-state index contributed by atoms with van der Waals surface area (Å²) in [5.41, 5.74) is 0. The number of hydrogen-bond acceptors (Lipinski definition) is 3. The molecule has 0 spiro atoms.